The Bertz CT molecular complexity index is 1170. The molecule has 5 nitrogen and oxygen atoms in total. The van der Waals surface area contributed by atoms with Crippen LogP contribution in [0.3, 0.4) is 0 Å². The Balaban J connectivity index is 1.89. The first kappa shape index (κ1) is 28.3. The van der Waals surface area contributed by atoms with E-state index >= 15 is 0 Å². The highest BCUT2D eigenvalue weighted by Crippen LogP contribution is 2.21. The maximum Gasteiger partial charge on any atom is 0.243 e. The number of carbonyl (C=O) groups excluding carboxylic acids is 2. The highest BCUT2D eigenvalue weighted by molar-refractivity contribution is 7.99. The summed E-state index contributed by atoms with van der Waals surface area (Å²) in [4.78, 5) is 29.1. The predicted octanol–water partition coefficient (Wildman–Crippen LogP) is 5.79. The average Bonchev–Trinajstić information content (AvgIpc) is 2.86. The van der Waals surface area contributed by atoms with Gasteiger partial charge in [0.05, 0.1) is 12.9 Å². The molecule has 1 atom stereocenters. The number of hydrogen-bond acceptors (Lipinski definition) is 4. The normalized spacial score (nSPS) is 12.0. The van der Waals surface area contributed by atoms with Gasteiger partial charge >= 0.3 is 0 Å². The van der Waals surface area contributed by atoms with E-state index < -0.39 is 11.6 Å². The van der Waals surface area contributed by atoms with Gasteiger partial charge in [-0.2, -0.15) is 0 Å². The molecule has 0 spiro atoms. The van der Waals surface area contributed by atoms with Crippen LogP contribution >= 0.6 is 11.8 Å². The monoisotopic (exact) mass is 518 g/mol. The Labute approximate surface area is 225 Å². The Morgan fingerprint density at radius 1 is 0.919 bits per heavy atom. The maximum atomic E-state index is 13.8. The molecule has 3 rings (SSSR count). The van der Waals surface area contributed by atoms with Gasteiger partial charge in [-0.1, -0.05) is 72.3 Å². The Hall–Kier alpha value is -3.25. The van der Waals surface area contributed by atoms with Gasteiger partial charge < -0.3 is 15.0 Å². The van der Waals surface area contributed by atoms with Crippen molar-refractivity contribution in [3.8, 4) is 5.75 Å². The lowest BCUT2D eigenvalue weighted by Crippen LogP contribution is -2.54. The number of thioether (sulfide) groups is 1. The van der Waals surface area contributed by atoms with Gasteiger partial charge in [-0.3, -0.25) is 9.59 Å². The fraction of sp³-hybridized carbons (Fsp3) is 0.355. The van der Waals surface area contributed by atoms with Gasteiger partial charge in [0.25, 0.3) is 0 Å². The van der Waals surface area contributed by atoms with Crippen LogP contribution < -0.4 is 10.1 Å². The molecule has 3 aromatic rings. The molecular weight excluding hydrogens is 480 g/mol. The minimum atomic E-state index is -0.653. The van der Waals surface area contributed by atoms with Crippen molar-refractivity contribution in [1.82, 2.24) is 10.2 Å². The lowest BCUT2D eigenvalue weighted by molar-refractivity contribution is -0.140. The third kappa shape index (κ3) is 9.29. The molecule has 2 amide bonds. The van der Waals surface area contributed by atoms with E-state index in [0.717, 1.165) is 22.6 Å². The topological polar surface area (TPSA) is 58.6 Å². The van der Waals surface area contributed by atoms with Gasteiger partial charge in [-0.25, -0.2) is 0 Å². The number of nitrogens with one attached hydrogen (secondary N) is 1. The van der Waals surface area contributed by atoms with Crippen molar-refractivity contribution in [2.24, 2.45) is 0 Å². The van der Waals surface area contributed by atoms with E-state index in [-0.39, 0.29) is 17.6 Å². The van der Waals surface area contributed by atoms with Crippen LogP contribution in [0.1, 0.15) is 43.0 Å². The summed E-state index contributed by atoms with van der Waals surface area (Å²) in [5.74, 6) is 1.52. The third-order valence-electron chi connectivity index (χ3n) is 5.83. The second-order valence-corrected chi connectivity index (χ2v) is 11.3. The molecule has 0 fully saturated rings. The minimum absolute atomic E-state index is 0.0644. The lowest BCUT2D eigenvalue weighted by atomic mass is 10.0. The van der Waals surface area contributed by atoms with E-state index in [1.807, 2.05) is 81.4 Å². The number of nitrogens with zero attached hydrogens (tertiary/aromatic N) is 1. The molecule has 37 heavy (non-hydrogen) atoms. The van der Waals surface area contributed by atoms with Crippen molar-refractivity contribution >= 4 is 23.6 Å². The van der Waals surface area contributed by atoms with Gasteiger partial charge in [-0.05, 0) is 56.5 Å². The van der Waals surface area contributed by atoms with E-state index in [1.165, 1.54) is 11.1 Å². The van der Waals surface area contributed by atoms with E-state index in [1.54, 1.807) is 23.8 Å². The summed E-state index contributed by atoms with van der Waals surface area (Å²) in [6, 6.07) is 25.2. The summed E-state index contributed by atoms with van der Waals surface area (Å²) in [5.41, 5.74) is 3.89. The van der Waals surface area contributed by atoms with Crippen molar-refractivity contribution < 1.29 is 14.3 Å². The first-order chi connectivity index (χ1) is 17.6. The van der Waals surface area contributed by atoms with Crippen molar-refractivity contribution in [2.45, 2.75) is 58.0 Å². The zero-order chi connectivity index (χ0) is 26.8. The van der Waals surface area contributed by atoms with Crippen molar-refractivity contribution in [3.05, 3.63) is 101 Å². The van der Waals surface area contributed by atoms with Crippen molar-refractivity contribution in [3.63, 3.8) is 0 Å². The summed E-state index contributed by atoms with van der Waals surface area (Å²) < 4.78 is 5.40. The van der Waals surface area contributed by atoms with Crippen molar-refractivity contribution in [2.75, 3.05) is 12.9 Å². The number of aryl methyl sites for hydroxylation is 1. The fourth-order valence-corrected chi connectivity index (χ4v) is 4.97. The standard InChI is InChI=1S/C31H38N2O3S/c1-23-11-9-15-26(17-23)21-37-22-29(34)33(20-25-14-10-16-27(18-25)36-5)28(30(35)32-31(2,3)4)19-24-12-7-6-8-13-24/h6-18,28H,19-22H2,1-5H3,(H,32,35)/t28-/m0/s1. The number of benzene rings is 3. The largest absolute Gasteiger partial charge is 0.497 e. The smallest absolute Gasteiger partial charge is 0.243 e. The van der Waals surface area contributed by atoms with Crippen LogP contribution in [0.5, 0.6) is 5.75 Å². The molecule has 0 aliphatic rings. The molecule has 0 bridgehead atoms. The molecule has 3 aromatic carbocycles. The molecule has 0 saturated heterocycles. The molecule has 0 radical (unpaired) electrons. The minimum Gasteiger partial charge on any atom is -0.497 e. The van der Waals surface area contributed by atoms with Gasteiger partial charge in [0.1, 0.15) is 11.8 Å². The Kier molecular flexibility index (Phi) is 10.2. The fourth-order valence-electron chi connectivity index (χ4n) is 4.12. The molecule has 0 aliphatic heterocycles. The van der Waals surface area contributed by atoms with Gasteiger partial charge in [0.2, 0.25) is 11.8 Å². The molecule has 0 aromatic heterocycles. The molecule has 0 unspecified atom stereocenters. The van der Waals surface area contributed by atoms with Crippen LogP contribution in [0, 0.1) is 6.92 Å². The summed E-state index contributed by atoms with van der Waals surface area (Å²) in [6.45, 7) is 8.25. The van der Waals surface area contributed by atoms with Crippen LogP contribution in [-0.4, -0.2) is 41.2 Å². The molecule has 0 heterocycles. The Morgan fingerprint density at radius 3 is 2.27 bits per heavy atom. The number of rotatable bonds is 11. The zero-order valence-corrected chi connectivity index (χ0v) is 23.3. The first-order valence-corrected chi connectivity index (χ1v) is 13.7. The SMILES string of the molecule is COc1cccc(CN(C(=O)CSCc2cccc(C)c2)[C@@H](Cc2ccccc2)C(=O)NC(C)(C)C)c1. The van der Waals surface area contributed by atoms with Gasteiger partial charge in [0.15, 0.2) is 0 Å². The highest BCUT2D eigenvalue weighted by atomic mass is 32.2. The van der Waals surface area contributed by atoms with Crippen LogP contribution in [0.15, 0.2) is 78.9 Å². The molecular formula is C31H38N2O3S. The molecule has 0 saturated carbocycles. The van der Waals surface area contributed by atoms with E-state index in [2.05, 4.69) is 30.4 Å². The lowest BCUT2D eigenvalue weighted by Gasteiger charge is -2.34. The molecule has 6 heteroatoms. The van der Waals surface area contributed by atoms with Gasteiger partial charge in [0, 0.05) is 24.3 Å². The summed E-state index contributed by atoms with van der Waals surface area (Å²) in [7, 11) is 1.62. The second-order valence-electron chi connectivity index (χ2n) is 10.3. The number of ether oxygens (including phenoxy) is 1. The molecule has 0 aliphatic carbocycles. The number of methoxy groups -OCH3 is 1. The van der Waals surface area contributed by atoms with E-state index in [0.29, 0.717) is 13.0 Å². The van der Waals surface area contributed by atoms with Crippen LogP contribution in [0.2, 0.25) is 0 Å². The zero-order valence-electron chi connectivity index (χ0n) is 22.5. The average molecular weight is 519 g/mol. The summed E-state index contributed by atoms with van der Waals surface area (Å²) >= 11 is 1.57. The Morgan fingerprint density at radius 2 is 1.59 bits per heavy atom. The summed E-state index contributed by atoms with van der Waals surface area (Å²) in [5, 5.41) is 3.11. The van der Waals surface area contributed by atoms with Crippen LogP contribution in [0.4, 0.5) is 0 Å². The van der Waals surface area contributed by atoms with Crippen molar-refractivity contribution in [1.29, 1.82) is 0 Å². The van der Waals surface area contributed by atoms with Crippen LogP contribution in [0.25, 0.3) is 0 Å². The first-order valence-electron chi connectivity index (χ1n) is 12.6. The van der Waals surface area contributed by atoms with E-state index in [4.69, 9.17) is 4.74 Å². The molecule has 196 valence electrons. The number of carbonyl (C=O) groups is 2. The van der Waals surface area contributed by atoms with E-state index in [9.17, 15) is 9.59 Å². The maximum absolute atomic E-state index is 13.8. The van der Waals surface area contributed by atoms with Gasteiger partial charge in [-0.15, -0.1) is 11.8 Å². The predicted molar refractivity (Wildman–Crippen MR) is 153 cm³/mol. The number of hydrogen-bond donors (Lipinski definition) is 1. The summed E-state index contributed by atoms with van der Waals surface area (Å²) in [6.07, 6.45) is 0.432. The number of amides is 2. The van der Waals surface area contributed by atoms with Crippen LogP contribution in [-0.2, 0) is 28.3 Å². The third-order valence-corrected chi connectivity index (χ3v) is 6.82. The second kappa shape index (κ2) is 13.3. The molecule has 1 N–H and O–H groups in total. The quantitative estimate of drug-likeness (QED) is 0.349. The highest BCUT2D eigenvalue weighted by Gasteiger charge is 2.32.